The first-order chi connectivity index (χ1) is 20.7. The van der Waals surface area contributed by atoms with Gasteiger partial charge in [0, 0.05) is 41.1 Å². The third-order valence-electron chi connectivity index (χ3n) is 8.82. The molecular formula is C40H26S2. The summed E-state index contributed by atoms with van der Waals surface area (Å²) in [5.74, 6) is 0. The second-order valence-corrected chi connectivity index (χ2v) is 13.8. The van der Waals surface area contributed by atoms with Crippen molar-refractivity contribution in [2.24, 2.45) is 0 Å². The van der Waals surface area contributed by atoms with Gasteiger partial charge in [-0.3, -0.25) is 0 Å². The van der Waals surface area contributed by atoms with Crippen molar-refractivity contribution < 1.29 is 0 Å². The van der Waals surface area contributed by atoms with Crippen LogP contribution in [0.5, 0.6) is 0 Å². The molecule has 0 aliphatic heterocycles. The molecule has 0 saturated heterocycles. The maximum atomic E-state index is 2.42. The third kappa shape index (κ3) is 3.40. The first kappa shape index (κ1) is 24.1. The van der Waals surface area contributed by atoms with Crippen LogP contribution in [-0.2, 0) is 0 Å². The van der Waals surface area contributed by atoms with Gasteiger partial charge in [0.15, 0.2) is 0 Å². The molecule has 9 aromatic rings. The van der Waals surface area contributed by atoms with E-state index in [0.29, 0.717) is 0 Å². The molecule has 0 bridgehead atoms. The standard InChI is InChI=1S/C40H26S2/c1-23-21-35-37(33-15-7-13-29-27-11-5-3-9-25(27)17-19-31(29)33)40-36(22-24(2)42-40)38(39(35)41-23)34-16-8-14-30-28-12-6-4-10-26(28)18-20-32(30)34/h3-22H,1-2H3. The number of thiophene rings is 2. The average molecular weight is 571 g/mol. The normalized spacial score (nSPS) is 12.0. The van der Waals surface area contributed by atoms with Crippen LogP contribution in [0.4, 0.5) is 0 Å². The topological polar surface area (TPSA) is 0 Å². The molecular weight excluding hydrogens is 545 g/mol. The van der Waals surface area contributed by atoms with Gasteiger partial charge in [-0.15, -0.1) is 22.7 Å². The average Bonchev–Trinajstić information content (AvgIpc) is 3.60. The van der Waals surface area contributed by atoms with Crippen molar-refractivity contribution in [3.05, 3.63) is 131 Å². The molecule has 0 N–H and O–H groups in total. The number of fused-ring (bicyclic) bond motifs is 8. The molecule has 9 rings (SSSR count). The van der Waals surface area contributed by atoms with Gasteiger partial charge in [0.1, 0.15) is 0 Å². The van der Waals surface area contributed by atoms with Crippen LogP contribution in [0, 0.1) is 13.8 Å². The monoisotopic (exact) mass is 570 g/mol. The van der Waals surface area contributed by atoms with Crippen LogP contribution in [0.25, 0.3) is 85.5 Å². The van der Waals surface area contributed by atoms with E-state index in [1.807, 2.05) is 22.7 Å². The van der Waals surface area contributed by atoms with E-state index < -0.39 is 0 Å². The van der Waals surface area contributed by atoms with Gasteiger partial charge in [-0.2, -0.15) is 0 Å². The maximum absolute atomic E-state index is 2.42. The van der Waals surface area contributed by atoms with Crippen molar-refractivity contribution in [2.45, 2.75) is 13.8 Å². The summed E-state index contributed by atoms with van der Waals surface area (Å²) < 4.78 is 2.76. The second kappa shape index (κ2) is 9.00. The van der Waals surface area contributed by atoms with Crippen LogP contribution >= 0.6 is 22.7 Å². The van der Waals surface area contributed by atoms with E-state index in [4.69, 9.17) is 0 Å². The minimum Gasteiger partial charge on any atom is -0.140 e. The van der Waals surface area contributed by atoms with Crippen molar-refractivity contribution in [2.75, 3.05) is 0 Å². The number of hydrogen-bond donors (Lipinski definition) is 0. The quantitative estimate of drug-likeness (QED) is 0.181. The summed E-state index contributed by atoms with van der Waals surface area (Å²) in [6, 6.07) is 45.3. The van der Waals surface area contributed by atoms with Gasteiger partial charge in [-0.25, -0.2) is 0 Å². The van der Waals surface area contributed by atoms with Crippen LogP contribution in [-0.4, -0.2) is 0 Å². The molecule has 198 valence electrons. The van der Waals surface area contributed by atoms with Crippen LogP contribution < -0.4 is 0 Å². The highest BCUT2D eigenvalue weighted by molar-refractivity contribution is 7.22. The molecule has 2 heterocycles. The number of benzene rings is 7. The molecule has 2 heteroatoms. The van der Waals surface area contributed by atoms with Crippen molar-refractivity contribution in [3.8, 4) is 22.3 Å². The first-order valence-electron chi connectivity index (χ1n) is 14.4. The highest BCUT2D eigenvalue weighted by atomic mass is 32.1. The number of aryl methyl sites for hydroxylation is 2. The highest BCUT2D eigenvalue weighted by Gasteiger charge is 2.23. The lowest BCUT2D eigenvalue weighted by molar-refractivity contribution is 1.65. The zero-order valence-electron chi connectivity index (χ0n) is 23.4. The molecule has 0 radical (unpaired) electrons. The molecule has 0 amide bonds. The van der Waals surface area contributed by atoms with Gasteiger partial charge < -0.3 is 0 Å². The van der Waals surface area contributed by atoms with E-state index in [9.17, 15) is 0 Å². The summed E-state index contributed by atoms with van der Waals surface area (Å²) in [5.41, 5.74) is 5.39. The summed E-state index contributed by atoms with van der Waals surface area (Å²) >= 11 is 3.86. The Morgan fingerprint density at radius 1 is 0.357 bits per heavy atom. The Balaban J connectivity index is 1.43. The molecule has 0 aliphatic carbocycles. The fraction of sp³-hybridized carbons (Fsp3) is 0.0500. The van der Waals surface area contributed by atoms with Crippen LogP contribution in [0.3, 0.4) is 0 Å². The Hall–Kier alpha value is -4.50. The summed E-state index contributed by atoms with van der Waals surface area (Å²) in [6.07, 6.45) is 0. The summed E-state index contributed by atoms with van der Waals surface area (Å²) in [5, 5.41) is 13.2. The lowest BCUT2D eigenvalue weighted by Crippen LogP contribution is -1.89. The van der Waals surface area contributed by atoms with Crippen molar-refractivity contribution >= 4 is 85.9 Å². The lowest BCUT2D eigenvalue weighted by Gasteiger charge is -2.16. The molecule has 0 atom stereocenters. The fourth-order valence-electron chi connectivity index (χ4n) is 7.07. The van der Waals surface area contributed by atoms with E-state index in [2.05, 4.69) is 135 Å². The molecule has 7 aromatic carbocycles. The van der Waals surface area contributed by atoms with Gasteiger partial charge in [0.25, 0.3) is 0 Å². The molecule has 0 saturated carbocycles. The van der Waals surface area contributed by atoms with Gasteiger partial charge in [0.05, 0.1) is 0 Å². The molecule has 42 heavy (non-hydrogen) atoms. The zero-order valence-corrected chi connectivity index (χ0v) is 25.0. The number of hydrogen-bond acceptors (Lipinski definition) is 2. The van der Waals surface area contributed by atoms with Crippen molar-refractivity contribution in [3.63, 3.8) is 0 Å². The largest absolute Gasteiger partial charge is 0.140 e. The zero-order chi connectivity index (χ0) is 27.9. The molecule has 0 aliphatic rings. The molecule has 0 spiro atoms. The molecule has 0 unspecified atom stereocenters. The van der Waals surface area contributed by atoms with E-state index in [0.717, 1.165) is 0 Å². The van der Waals surface area contributed by atoms with E-state index in [1.54, 1.807) is 0 Å². The Bertz CT molecular complexity index is 2310. The summed E-state index contributed by atoms with van der Waals surface area (Å²) in [4.78, 5) is 2.69. The fourth-order valence-corrected chi connectivity index (χ4v) is 9.25. The van der Waals surface area contributed by atoms with Crippen molar-refractivity contribution in [1.82, 2.24) is 0 Å². The van der Waals surface area contributed by atoms with Crippen LogP contribution in [0.15, 0.2) is 121 Å². The Labute approximate surface area is 252 Å². The van der Waals surface area contributed by atoms with Crippen molar-refractivity contribution in [1.29, 1.82) is 0 Å². The predicted molar refractivity (Wildman–Crippen MR) is 188 cm³/mol. The van der Waals surface area contributed by atoms with Gasteiger partial charge in [0.2, 0.25) is 0 Å². The smallest absolute Gasteiger partial charge is 0.0437 e. The predicted octanol–water partition coefficient (Wildman–Crippen LogP) is 12.7. The van der Waals surface area contributed by atoms with Gasteiger partial charge >= 0.3 is 0 Å². The van der Waals surface area contributed by atoms with E-state index >= 15 is 0 Å². The van der Waals surface area contributed by atoms with Gasteiger partial charge in [-0.05, 0) is 80.2 Å². The van der Waals surface area contributed by atoms with Crippen LogP contribution in [0.2, 0.25) is 0 Å². The Morgan fingerprint density at radius 2 is 0.786 bits per heavy atom. The maximum Gasteiger partial charge on any atom is 0.0437 e. The second-order valence-electron chi connectivity index (χ2n) is 11.3. The van der Waals surface area contributed by atoms with Gasteiger partial charge in [-0.1, -0.05) is 109 Å². The minimum atomic E-state index is 1.29. The molecule has 2 aromatic heterocycles. The summed E-state index contributed by atoms with van der Waals surface area (Å²) in [7, 11) is 0. The first-order valence-corrected chi connectivity index (χ1v) is 16.1. The molecule has 0 nitrogen and oxygen atoms in total. The summed E-state index contributed by atoms with van der Waals surface area (Å²) in [6.45, 7) is 4.51. The SMILES string of the molecule is Cc1cc2c(-c3cccc4c3ccc3ccccc34)c3sc(C)cc3c(-c3cccc4c3ccc3ccccc34)c2s1. The van der Waals surface area contributed by atoms with E-state index in [1.165, 1.54) is 95.3 Å². The van der Waals surface area contributed by atoms with E-state index in [-0.39, 0.29) is 0 Å². The Kier molecular flexibility index (Phi) is 5.17. The lowest BCUT2D eigenvalue weighted by atomic mass is 9.88. The number of rotatable bonds is 2. The highest BCUT2D eigenvalue weighted by Crippen LogP contribution is 2.51. The third-order valence-corrected chi connectivity index (χ3v) is 11.0. The van der Waals surface area contributed by atoms with Crippen LogP contribution in [0.1, 0.15) is 9.75 Å². The Morgan fingerprint density at radius 3 is 1.26 bits per heavy atom. The molecule has 0 fully saturated rings. The minimum absolute atomic E-state index is 1.29.